The lowest BCUT2D eigenvalue weighted by Crippen LogP contribution is -2.01. The van der Waals surface area contributed by atoms with Crippen LogP contribution in [0.3, 0.4) is 0 Å². The Balaban J connectivity index is 1.84. The minimum absolute atomic E-state index is 0.186. The molecule has 0 unspecified atom stereocenters. The standard InChI is InChI=1S/C18H13Cl3N2O3S/c1-25-14-5-9(6-15-17(24)23-18(22)27-15)4-13(21)16(14)26-8-10-2-3-11(19)7-12(10)20/h2-7H,8H2,1H3,(H2,22,23,24)/b15-6+. The van der Waals surface area contributed by atoms with E-state index >= 15 is 0 Å². The molecule has 3 rings (SSSR count). The van der Waals surface area contributed by atoms with Crippen LogP contribution in [-0.2, 0) is 11.4 Å². The molecule has 9 heteroatoms. The Morgan fingerprint density at radius 1 is 1.19 bits per heavy atom. The van der Waals surface area contributed by atoms with Gasteiger partial charge < -0.3 is 15.2 Å². The maximum Gasteiger partial charge on any atom is 0.286 e. The van der Waals surface area contributed by atoms with Crippen molar-refractivity contribution in [2.75, 3.05) is 7.11 Å². The first kappa shape index (κ1) is 19.9. The average molecular weight is 444 g/mol. The van der Waals surface area contributed by atoms with Gasteiger partial charge in [0.25, 0.3) is 5.91 Å². The maximum absolute atomic E-state index is 11.7. The molecule has 0 aliphatic carbocycles. The van der Waals surface area contributed by atoms with Gasteiger partial charge in [-0.05, 0) is 47.7 Å². The van der Waals surface area contributed by atoms with Crippen molar-refractivity contribution in [3.63, 3.8) is 0 Å². The van der Waals surface area contributed by atoms with Crippen molar-refractivity contribution in [1.29, 1.82) is 0 Å². The van der Waals surface area contributed by atoms with Crippen molar-refractivity contribution >= 4 is 63.7 Å². The number of nitrogens with two attached hydrogens (primary N) is 1. The molecule has 0 radical (unpaired) electrons. The summed E-state index contributed by atoms with van der Waals surface area (Å²) in [5.41, 5.74) is 6.97. The van der Waals surface area contributed by atoms with Crippen LogP contribution in [0.25, 0.3) is 6.08 Å². The Bertz CT molecular complexity index is 977. The SMILES string of the molecule is COc1cc(/C=C2/SC(N)=NC2=O)cc(Cl)c1OCc1ccc(Cl)cc1Cl. The van der Waals surface area contributed by atoms with Gasteiger partial charge in [-0.3, -0.25) is 4.79 Å². The molecule has 2 aromatic rings. The summed E-state index contributed by atoms with van der Waals surface area (Å²) in [6, 6.07) is 8.51. The normalized spacial score (nSPS) is 15.2. The second-order valence-corrected chi connectivity index (χ2v) is 7.74. The Morgan fingerprint density at radius 2 is 1.96 bits per heavy atom. The molecule has 0 fully saturated rings. The molecule has 2 aromatic carbocycles. The van der Waals surface area contributed by atoms with Crippen molar-refractivity contribution in [2.24, 2.45) is 10.7 Å². The molecule has 5 nitrogen and oxygen atoms in total. The minimum Gasteiger partial charge on any atom is -0.493 e. The number of halogens is 3. The Hall–Kier alpha value is -1.86. The molecule has 2 N–H and O–H groups in total. The van der Waals surface area contributed by atoms with E-state index in [1.807, 2.05) is 0 Å². The molecule has 140 valence electrons. The number of ether oxygens (including phenoxy) is 2. The van der Waals surface area contributed by atoms with E-state index in [9.17, 15) is 4.79 Å². The molecular weight excluding hydrogens is 431 g/mol. The van der Waals surface area contributed by atoms with Crippen molar-refractivity contribution < 1.29 is 14.3 Å². The number of carbonyl (C=O) groups excluding carboxylic acids is 1. The van der Waals surface area contributed by atoms with E-state index in [-0.39, 0.29) is 17.7 Å². The third-order valence-corrected chi connectivity index (χ3v) is 5.25. The lowest BCUT2D eigenvalue weighted by atomic mass is 10.1. The van der Waals surface area contributed by atoms with Gasteiger partial charge in [-0.15, -0.1) is 0 Å². The molecule has 1 aliphatic heterocycles. The first-order valence-corrected chi connectivity index (χ1v) is 9.54. The average Bonchev–Trinajstić information content (AvgIpc) is 2.92. The lowest BCUT2D eigenvalue weighted by Gasteiger charge is -2.14. The quantitative estimate of drug-likeness (QED) is 0.646. The maximum atomic E-state index is 11.7. The number of amidine groups is 1. The summed E-state index contributed by atoms with van der Waals surface area (Å²) in [7, 11) is 1.50. The van der Waals surface area contributed by atoms with E-state index in [0.717, 1.165) is 17.3 Å². The Kier molecular flexibility index (Phi) is 6.22. The first-order valence-electron chi connectivity index (χ1n) is 7.59. The van der Waals surface area contributed by atoms with Gasteiger partial charge in [-0.25, -0.2) is 0 Å². The van der Waals surface area contributed by atoms with E-state index in [4.69, 9.17) is 50.0 Å². The summed E-state index contributed by atoms with van der Waals surface area (Å²) < 4.78 is 11.2. The van der Waals surface area contributed by atoms with Gasteiger partial charge in [-0.2, -0.15) is 4.99 Å². The van der Waals surface area contributed by atoms with Crippen LogP contribution in [0.1, 0.15) is 11.1 Å². The smallest absolute Gasteiger partial charge is 0.286 e. The van der Waals surface area contributed by atoms with Crippen LogP contribution in [0.15, 0.2) is 40.2 Å². The third kappa shape index (κ3) is 4.71. The molecule has 0 aromatic heterocycles. The number of amides is 1. The highest BCUT2D eigenvalue weighted by Crippen LogP contribution is 2.39. The fourth-order valence-electron chi connectivity index (χ4n) is 2.33. The zero-order valence-corrected chi connectivity index (χ0v) is 17.0. The van der Waals surface area contributed by atoms with Crippen LogP contribution in [0.5, 0.6) is 11.5 Å². The summed E-state index contributed by atoms with van der Waals surface area (Å²) in [6.45, 7) is 0.186. The van der Waals surface area contributed by atoms with Crippen LogP contribution in [-0.4, -0.2) is 18.2 Å². The fraction of sp³-hybridized carbons (Fsp3) is 0.111. The molecule has 27 heavy (non-hydrogen) atoms. The van der Waals surface area contributed by atoms with Crippen LogP contribution >= 0.6 is 46.6 Å². The zero-order chi connectivity index (χ0) is 19.6. The summed E-state index contributed by atoms with van der Waals surface area (Å²) in [6.07, 6.45) is 1.64. The van der Waals surface area contributed by atoms with Gasteiger partial charge in [0.05, 0.1) is 17.0 Å². The van der Waals surface area contributed by atoms with Gasteiger partial charge in [-0.1, -0.05) is 40.9 Å². The molecule has 0 saturated heterocycles. The summed E-state index contributed by atoms with van der Waals surface area (Å²) >= 11 is 19.5. The van der Waals surface area contributed by atoms with Gasteiger partial charge in [0.15, 0.2) is 16.7 Å². The highest BCUT2D eigenvalue weighted by Gasteiger charge is 2.20. The lowest BCUT2D eigenvalue weighted by molar-refractivity contribution is -0.113. The number of carbonyl (C=O) groups is 1. The Labute approximate surface area is 175 Å². The van der Waals surface area contributed by atoms with E-state index in [2.05, 4.69) is 4.99 Å². The van der Waals surface area contributed by atoms with E-state index in [1.165, 1.54) is 7.11 Å². The summed E-state index contributed by atoms with van der Waals surface area (Å²) in [5, 5.41) is 1.58. The van der Waals surface area contributed by atoms with Gasteiger partial charge in [0.1, 0.15) is 6.61 Å². The molecular formula is C18H13Cl3N2O3S. The van der Waals surface area contributed by atoms with Crippen molar-refractivity contribution in [1.82, 2.24) is 0 Å². The molecule has 0 spiro atoms. The number of aliphatic imine (C=N–C) groups is 1. The molecule has 1 amide bonds. The van der Waals surface area contributed by atoms with Crippen LogP contribution in [0.2, 0.25) is 15.1 Å². The Morgan fingerprint density at radius 3 is 2.59 bits per heavy atom. The number of hydrogen-bond acceptors (Lipinski definition) is 5. The van der Waals surface area contributed by atoms with Crippen LogP contribution < -0.4 is 15.2 Å². The zero-order valence-electron chi connectivity index (χ0n) is 14.0. The topological polar surface area (TPSA) is 73.9 Å². The molecule has 0 bridgehead atoms. The minimum atomic E-state index is -0.384. The van der Waals surface area contributed by atoms with Crippen molar-refractivity contribution in [3.05, 3.63) is 61.4 Å². The highest BCUT2D eigenvalue weighted by atomic mass is 35.5. The monoisotopic (exact) mass is 442 g/mol. The van der Waals surface area contributed by atoms with Gasteiger partial charge in [0, 0.05) is 15.6 Å². The predicted molar refractivity (Wildman–Crippen MR) is 111 cm³/mol. The highest BCUT2D eigenvalue weighted by molar-refractivity contribution is 8.18. The van der Waals surface area contributed by atoms with Crippen molar-refractivity contribution in [3.8, 4) is 11.5 Å². The number of benzene rings is 2. The van der Waals surface area contributed by atoms with Gasteiger partial charge >= 0.3 is 0 Å². The molecule has 1 aliphatic rings. The number of nitrogens with zero attached hydrogens (tertiary/aromatic N) is 1. The second-order valence-electron chi connectivity index (χ2n) is 5.42. The second kappa shape index (κ2) is 8.44. The first-order chi connectivity index (χ1) is 12.9. The summed E-state index contributed by atoms with van der Waals surface area (Å²) in [4.78, 5) is 15.8. The largest absolute Gasteiger partial charge is 0.493 e. The molecule has 0 atom stereocenters. The molecule has 0 saturated carbocycles. The number of methoxy groups -OCH3 is 1. The van der Waals surface area contributed by atoms with Crippen LogP contribution in [0, 0.1) is 0 Å². The van der Waals surface area contributed by atoms with E-state index < -0.39 is 0 Å². The number of hydrogen-bond donors (Lipinski definition) is 1. The van der Waals surface area contributed by atoms with E-state index in [1.54, 1.807) is 36.4 Å². The third-order valence-electron chi connectivity index (χ3n) is 3.57. The van der Waals surface area contributed by atoms with Crippen molar-refractivity contribution in [2.45, 2.75) is 6.61 Å². The number of rotatable bonds is 5. The van der Waals surface area contributed by atoms with E-state index in [0.29, 0.717) is 37.0 Å². The van der Waals surface area contributed by atoms with Crippen LogP contribution in [0.4, 0.5) is 0 Å². The predicted octanol–water partition coefficient (Wildman–Crippen LogP) is 5.16. The molecule has 1 heterocycles. The van der Waals surface area contributed by atoms with Gasteiger partial charge in [0.2, 0.25) is 0 Å². The summed E-state index contributed by atoms with van der Waals surface area (Å²) in [5.74, 6) is 0.405. The number of thioether (sulfide) groups is 1. The fourth-order valence-corrected chi connectivity index (χ4v) is 3.75.